The molecule has 0 aliphatic carbocycles. The second-order valence-electron chi connectivity index (χ2n) is 4.12. The molecule has 15 heavy (non-hydrogen) atoms. The highest BCUT2D eigenvalue weighted by Crippen LogP contribution is 2.19. The fraction of sp³-hybridized carbons (Fsp3) is 1.00. The monoisotopic (exact) mass is 216 g/mol. The number of methoxy groups -OCH3 is 2. The van der Waals surface area contributed by atoms with Crippen molar-refractivity contribution in [3.05, 3.63) is 0 Å². The maximum atomic E-state index is 5.43. The van der Waals surface area contributed by atoms with Gasteiger partial charge in [0.2, 0.25) is 0 Å². The van der Waals surface area contributed by atoms with Crippen molar-refractivity contribution in [2.75, 3.05) is 40.9 Å². The maximum absolute atomic E-state index is 5.43. The van der Waals surface area contributed by atoms with E-state index in [0.29, 0.717) is 6.04 Å². The molecule has 3 unspecified atom stereocenters. The van der Waals surface area contributed by atoms with Crippen molar-refractivity contribution >= 4 is 0 Å². The minimum absolute atomic E-state index is 0.223. The zero-order valence-corrected chi connectivity index (χ0v) is 10.3. The zero-order chi connectivity index (χ0) is 11.3. The van der Waals surface area contributed by atoms with Gasteiger partial charge in [-0.05, 0) is 13.5 Å². The Morgan fingerprint density at radius 1 is 1.27 bits per heavy atom. The van der Waals surface area contributed by atoms with E-state index in [4.69, 9.17) is 9.47 Å². The molecule has 1 heterocycles. The first-order valence-corrected chi connectivity index (χ1v) is 5.71. The quantitative estimate of drug-likeness (QED) is 0.694. The van der Waals surface area contributed by atoms with Crippen LogP contribution in [0, 0.1) is 0 Å². The van der Waals surface area contributed by atoms with Crippen molar-refractivity contribution < 1.29 is 9.47 Å². The van der Waals surface area contributed by atoms with Gasteiger partial charge in [-0.15, -0.1) is 0 Å². The van der Waals surface area contributed by atoms with Crippen LogP contribution in [0.2, 0.25) is 0 Å². The third-order valence-electron chi connectivity index (χ3n) is 3.28. The highest BCUT2D eigenvalue weighted by atomic mass is 16.5. The topological polar surface area (TPSA) is 33.7 Å². The molecule has 0 amide bonds. The van der Waals surface area contributed by atoms with Crippen LogP contribution in [0.5, 0.6) is 0 Å². The minimum Gasteiger partial charge on any atom is -0.377 e. The standard InChI is InChI=1S/C11H24N2O2/c1-5-9(6-12-2)13-7-10(14-3)11(8-13)15-4/h9-12H,5-8H2,1-4H3. The molecule has 1 N–H and O–H groups in total. The van der Waals surface area contributed by atoms with Crippen LogP contribution in [-0.2, 0) is 9.47 Å². The Hall–Kier alpha value is -0.160. The Labute approximate surface area is 92.9 Å². The molecule has 1 saturated heterocycles. The molecule has 3 atom stereocenters. The van der Waals surface area contributed by atoms with Gasteiger partial charge in [0.25, 0.3) is 0 Å². The Morgan fingerprint density at radius 3 is 2.13 bits per heavy atom. The van der Waals surface area contributed by atoms with Gasteiger partial charge in [-0.1, -0.05) is 6.92 Å². The first-order chi connectivity index (χ1) is 7.26. The van der Waals surface area contributed by atoms with E-state index in [-0.39, 0.29) is 12.2 Å². The molecule has 0 aromatic rings. The molecular formula is C11H24N2O2. The van der Waals surface area contributed by atoms with E-state index in [1.54, 1.807) is 14.2 Å². The molecule has 1 fully saturated rings. The Balaban J connectivity index is 2.50. The van der Waals surface area contributed by atoms with Crippen LogP contribution in [0.3, 0.4) is 0 Å². The van der Waals surface area contributed by atoms with Gasteiger partial charge in [0.1, 0.15) is 0 Å². The highest BCUT2D eigenvalue weighted by molar-refractivity contribution is 4.89. The molecule has 1 rings (SSSR count). The van der Waals surface area contributed by atoms with Crippen molar-refractivity contribution in [2.24, 2.45) is 0 Å². The van der Waals surface area contributed by atoms with Crippen LogP contribution >= 0.6 is 0 Å². The van der Waals surface area contributed by atoms with Crippen molar-refractivity contribution in [1.29, 1.82) is 0 Å². The van der Waals surface area contributed by atoms with Crippen LogP contribution < -0.4 is 5.32 Å². The van der Waals surface area contributed by atoms with Crippen LogP contribution in [0.25, 0.3) is 0 Å². The van der Waals surface area contributed by atoms with E-state index in [2.05, 4.69) is 17.1 Å². The third-order valence-corrected chi connectivity index (χ3v) is 3.28. The van der Waals surface area contributed by atoms with Gasteiger partial charge in [-0.3, -0.25) is 4.90 Å². The van der Waals surface area contributed by atoms with Crippen LogP contribution in [-0.4, -0.2) is 64.1 Å². The molecule has 0 bridgehead atoms. The molecule has 0 radical (unpaired) electrons. The number of ether oxygens (including phenoxy) is 2. The van der Waals surface area contributed by atoms with Gasteiger partial charge >= 0.3 is 0 Å². The van der Waals surface area contributed by atoms with E-state index in [1.807, 2.05) is 7.05 Å². The number of rotatable bonds is 6. The lowest BCUT2D eigenvalue weighted by molar-refractivity contribution is -0.00461. The second-order valence-corrected chi connectivity index (χ2v) is 4.12. The number of hydrogen-bond acceptors (Lipinski definition) is 4. The molecule has 0 spiro atoms. The lowest BCUT2D eigenvalue weighted by Crippen LogP contribution is -2.40. The summed E-state index contributed by atoms with van der Waals surface area (Å²) in [6, 6.07) is 0.591. The van der Waals surface area contributed by atoms with E-state index < -0.39 is 0 Å². The van der Waals surface area contributed by atoms with Crippen molar-refractivity contribution in [3.8, 4) is 0 Å². The fourth-order valence-electron chi connectivity index (χ4n) is 2.29. The second kappa shape index (κ2) is 6.43. The van der Waals surface area contributed by atoms with Gasteiger partial charge in [0, 0.05) is 39.9 Å². The summed E-state index contributed by atoms with van der Waals surface area (Å²) >= 11 is 0. The van der Waals surface area contributed by atoms with E-state index in [0.717, 1.165) is 26.1 Å². The molecule has 1 aliphatic rings. The Morgan fingerprint density at radius 2 is 1.80 bits per heavy atom. The summed E-state index contributed by atoms with van der Waals surface area (Å²) in [6.07, 6.45) is 1.61. The first kappa shape index (κ1) is 12.9. The molecule has 0 saturated carbocycles. The predicted octanol–water partition coefficient (Wildman–Crippen LogP) is 0.330. The average molecular weight is 216 g/mol. The summed E-state index contributed by atoms with van der Waals surface area (Å²) in [5, 5.41) is 3.24. The summed E-state index contributed by atoms with van der Waals surface area (Å²) in [5.41, 5.74) is 0. The smallest absolute Gasteiger partial charge is 0.0971 e. The third kappa shape index (κ3) is 3.14. The van der Waals surface area contributed by atoms with Crippen LogP contribution in [0.4, 0.5) is 0 Å². The van der Waals surface area contributed by atoms with Gasteiger partial charge in [-0.25, -0.2) is 0 Å². The van der Waals surface area contributed by atoms with Gasteiger partial charge in [0.15, 0.2) is 0 Å². The molecule has 4 nitrogen and oxygen atoms in total. The van der Waals surface area contributed by atoms with E-state index in [9.17, 15) is 0 Å². The number of hydrogen-bond donors (Lipinski definition) is 1. The van der Waals surface area contributed by atoms with Gasteiger partial charge < -0.3 is 14.8 Å². The summed E-state index contributed by atoms with van der Waals surface area (Å²) in [5.74, 6) is 0. The molecular weight excluding hydrogens is 192 g/mol. The van der Waals surface area contributed by atoms with Gasteiger partial charge in [-0.2, -0.15) is 0 Å². The van der Waals surface area contributed by atoms with Crippen molar-refractivity contribution in [1.82, 2.24) is 10.2 Å². The van der Waals surface area contributed by atoms with Crippen molar-refractivity contribution in [3.63, 3.8) is 0 Å². The average Bonchev–Trinajstić information content (AvgIpc) is 2.68. The summed E-state index contributed by atoms with van der Waals surface area (Å²) < 4.78 is 10.9. The Bertz CT molecular complexity index is 166. The number of nitrogens with zero attached hydrogens (tertiary/aromatic N) is 1. The number of likely N-dealkylation sites (N-methyl/N-ethyl adjacent to an activating group) is 1. The molecule has 4 heteroatoms. The molecule has 90 valence electrons. The molecule has 0 aromatic carbocycles. The minimum atomic E-state index is 0.223. The molecule has 0 aromatic heterocycles. The first-order valence-electron chi connectivity index (χ1n) is 5.71. The van der Waals surface area contributed by atoms with E-state index in [1.165, 1.54) is 0 Å². The van der Waals surface area contributed by atoms with Gasteiger partial charge in [0.05, 0.1) is 12.2 Å². The van der Waals surface area contributed by atoms with Crippen molar-refractivity contribution in [2.45, 2.75) is 31.6 Å². The van der Waals surface area contributed by atoms with E-state index >= 15 is 0 Å². The zero-order valence-electron chi connectivity index (χ0n) is 10.3. The normalized spacial score (nSPS) is 29.6. The lowest BCUT2D eigenvalue weighted by Gasteiger charge is -2.26. The number of likely N-dealkylation sites (tertiary alicyclic amines) is 1. The summed E-state index contributed by atoms with van der Waals surface area (Å²) in [7, 11) is 5.53. The van der Waals surface area contributed by atoms with Crippen LogP contribution in [0.1, 0.15) is 13.3 Å². The lowest BCUT2D eigenvalue weighted by atomic mass is 10.2. The highest BCUT2D eigenvalue weighted by Gasteiger charge is 2.35. The fourth-order valence-corrected chi connectivity index (χ4v) is 2.29. The summed E-state index contributed by atoms with van der Waals surface area (Å²) in [4.78, 5) is 2.46. The molecule has 1 aliphatic heterocycles. The van der Waals surface area contributed by atoms with Crippen LogP contribution in [0.15, 0.2) is 0 Å². The largest absolute Gasteiger partial charge is 0.377 e. The predicted molar refractivity (Wildman–Crippen MR) is 61.2 cm³/mol. The summed E-state index contributed by atoms with van der Waals surface area (Å²) in [6.45, 7) is 5.22. The number of nitrogens with one attached hydrogen (secondary N) is 1. The Kier molecular flexibility index (Phi) is 5.53. The SMILES string of the molecule is CCC(CNC)N1CC(OC)C(OC)C1. The maximum Gasteiger partial charge on any atom is 0.0971 e.